The normalized spacial score (nSPS) is 13.9. The van der Waals surface area contributed by atoms with Gasteiger partial charge in [0.15, 0.2) is 0 Å². The number of aryl methyl sites for hydroxylation is 1. The summed E-state index contributed by atoms with van der Waals surface area (Å²) in [6, 6.07) is 8.12. The van der Waals surface area contributed by atoms with Crippen LogP contribution >= 0.6 is 0 Å². The minimum Gasteiger partial charge on any atom is -0.387 e. The van der Waals surface area contributed by atoms with Crippen LogP contribution in [0.4, 0.5) is 0 Å². The van der Waals surface area contributed by atoms with Crippen molar-refractivity contribution in [1.82, 2.24) is 15.3 Å². The second kappa shape index (κ2) is 7.72. The van der Waals surface area contributed by atoms with Gasteiger partial charge >= 0.3 is 0 Å². The van der Waals surface area contributed by atoms with E-state index in [0.717, 1.165) is 18.4 Å². The summed E-state index contributed by atoms with van der Waals surface area (Å²) in [5.74, 6) is 0. The summed E-state index contributed by atoms with van der Waals surface area (Å²) in [4.78, 5) is 8.12. The molecule has 106 valence electrons. The Hall–Kier alpha value is -1.78. The zero-order valence-corrected chi connectivity index (χ0v) is 11.7. The molecule has 2 rings (SSSR count). The maximum Gasteiger partial charge on any atom is 0.0929 e. The van der Waals surface area contributed by atoms with Crippen LogP contribution in [-0.2, 0) is 6.42 Å². The summed E-state index contributed by atoms with van der Waals surface area (Å²) in [5, 5.41) is 13.4. The average Bonchev–Trinajstić information content (AvgIpc) is 2.52. The molecule has 0 saturated heterocycles. The van der Waals surface area contributed by atoms with Crippen molar-refractivity contribution in [3.8, 4) is 0 Å². The molecular formula is C16H21N3O. The molecule has 0 aliphatic carbocycles. The highest BCUT2D eigenvalue weighted by Gasteiger charge is 2.09. The highest BCUT2D eigenvalue weighted by atomic mass is 16.3. The lowest BCUT2D eigenvalue weighted by Crippen LogP contribution is -2.30. The van der Waals surface area contributed by atoms with Crippen LogP contribution in [0.3, 0.4) is 0 Å². The molecule has 2 aromatic heterocycles. The van der Waals surface area contributed by atoms with Crippen molar-refractivity contribution >= 4 is 0 Å². The highest BCUT2D eigenvalue weighted by Crippen LogP contribution is 2.10. The Morgan fingerprint density at radius 1 is 1.15 bits per heavy atom. The Balaban J connectivity index is 1.71. The number of hydrogen-bond donors (Lipinski definition) is 2. The first-order valence-corrected chi connectivity index (χ1v) is 6.96. The lowest BCUT2D eigenvalue weighted by Gasteiger charge is -2.17. The van der Waals surface area contributed by atoms with Crippen molar-refractivity contribution < 1.29 is 5.11 Å². The van der Waals surface area contributed by atoms with Crippen molar-refractivity contribution in [3.63, 3.8) is 0 Å². The summed E-state index contributed by atoms with van der Waals surface area (Å²) in [7, 11) is 0. The third kappa shape index (κ3) is 4.72. The second-order valence-electron chi connectivity index (χ2n) is 5.01. The van der Waals surface area contributed by atoms with Crippen LogP contribution in [0.25, 0.3) is 0 Å². The second-order valence-corrected chi connectivity index (χ2v) is 5.01. The van der Waals surface area contributed by atoms with Crippen LogP contribution in [0, 0.1) is 0 Å². The molecule has 0 fully saturated rings. The predicted octanol–water partition coefficient (Wildman–Crippen LogP) is 2.12. The zero-order chi connectivity index (χ0) is 14.2. The molecular weight excluding hydrogens is 250 g/mol. The molecule has 4 nitrogen and oxygen atoms in total. The van der Waals surface area contributed by atoms with Gasteiger partial charge in [0, 0.05) is 42.9 Å². The van der Waals surface area contributed by atoms with E-state index >= 15 is 0 Å². The summed E-state index contributed by atoms with van der Waals surface area (Å²) in [6.07, 6.45) is 8.60. The maximum atomic E-state index is 10.0. The third-order valence-corrected chi connectivity index (χ3v) is 3.32. The maximum absolute atomic E-state index is 10.0. The Labute approximate surface area is 119 Å². The van der Waals surface area contributed by atoms with E-state index in [0.29, 0.717) is 12.6 Å². The predicted molar refractivity (Wildman–Crippen MR) is 79.2 cm³/mol. The van der Waals surface area contributed by atoms with E-state index in [1.807, 2.05) is 24.4 Å². The van der Waals surface area contributed by atoms with Gasteiger partial charge in [-0.25, -0.2) is 0 Å². The van der Waals surface area contributed by atoms with Crippen LogP contribution in [-0.4, -0.2) is 27.7 Å². The zero-order valence-electron chi connectivity index (χ0n) is 11.7. The van der Waals surface area contributed by atoms with Gasteiger partial charge in [-0.1, -0.05) is 12.1 Å². The highest BCUT2D eigenvalue weighted by molar-refractivity contribution is 5.12. The van der Waals surface area contributed by atoms with Gasteiger partial charge in [0.2, 0.25) is 0 Å². The third-order valence-electron chi connectivity index (χ3n) is 3.32. The fraction of sp³-hybridized carbons (Fsp3) is 0.375. The number of nitrogens with zero attached hydrogens (tertiary/aromatic N) is 2. The number of nitrogens with one attached hydrogen (secondary N) is 1. The molecule has 2 unspecified atom stereocenters. The summed E-state index contributed by atoms with van der Waals surface area (Å²) >= 11 is 0. The standard InChI is InChI=1S/C16H21N3O/c1-13(6-7-14-4-2-8-17-10-14)19-12-16(20)15-5-3-9-18-11-15/h2-5,8-11,13,16,19-20H,6-7,12H2,1H3. The van der Waals surface area contributed by atoms with Gasteiger partial charge in [-0.3, -0.25) is 9.97 Å². The number of rotatable bonds is 7. The van der Waals surface area contributed by atoms with Gasteiger partial charge in [0.05, 0.1) is 6.10 Å². The molecule has 0 aliphatic heterocycles. The molecule has 20 heavy (non-hydrogen) atoms. The molecule has 0 spiro atoms. The van der Waals surface area contributed by atoms with Gasteiger partial charge in [-0.2, -0.15) is 0 Å². The van der Waals surface area contributed by atoms with Crippen molar-refractivity contribution in [2.24, 2.45) is 0 Å². The number of aliphatic hydroxyl groups excluding tert-OH is 1. The molecule has 2 heterocycles. The fourth-order valence-electron chi connectivity index (χ4n) is 2.03. The largest absolute Gasteiger partial charge is 0.387 e. The number of aliphatic hydroxyl groups is 1. The van der Waals surface area contributed by atoms with Gasteiger partial charge < -0.3 is 10.4 Å². The van der Waals surface area contributed by atoms with Crippen LogP contribution in [0.2, 0.25) is 0 Å². The van der Waals surface area contributed by atoms with Crippen LogP contribution < -0.4 is 5.32 Å². The first kappa shape index (κ1) is 14.6. The van der Waals surface area contributed by atoms with E-state index in [1.165, 1.54) is 5.56 Å². The Morgan fingerprint density at radius 2 is 1.90 bits per heavy atom. The monoisotopic (exact) mass is 271 g/mol. The van der Waals surface area contributed by atoms with E-state index in [9.17, 15) is 5.11 Å². The van der Waals surface area contributed by atoms with E-state index < -0.39 is 6.10 Å². The Bertz CT molecular complexity index is 490. The van der Waals surface area contributed by atoms with Gasteiger partial charge in [0.1, 0.15) is 0 Å². The number of pyridine rings is 2. The van der Waals surface area contributed by atoms with E-state index in [1.54, 1.807) is 18.6 Å². The summed E-state index contributed by atoms with van der Waals surface area (Å²) < 4.78 is 0. The molecule has 4 heteroatoms. The van der Waals surface area contributed by atoms with E-state index in [2.05, 4.69) is 28.3 Å². The van der Waals surface area contributed by atoms with Gasteiger partial charge in [-0.15, -0.1) is 0 Å². The SMILES string of the molecule is CC(CCc1cccnc1)NCC(O)c1cccnc1. The topological polar surface area (TPSA) is 58.0 Å². The Morgan fingerprint density at radius 3 is 2.55 bits per heavy atom. The van der Waals surface area contributed by atoms with Crippen molar-refractivity contribution in [1.29, 1.82) is 0 Å². The van der Waals surface area contributed by atoms with Crippen molar-refractivity contribution in [2.75, 3.05) is 6.54 Å². The first-order valence-electron chi connectivity index (χ1n) is 6.96. The summed E-state index contributed by atoms with van der Waals surface area (Å²) in [6.45, 7) is 2.67. The minimum atomic E-state index is -0.510. The molecule has 2 atom stereocenters. The lowest BCUT2D eigenvalue weighted by atomic mass is 10.1. The van der Waals surface area contributed by atoms with Crippen LogP contribution in [0.5, 0.6) is 0 Å². The van der Waals surface area contributed by atoms with Crippen molar-refractivity contribution in [2.45, 2.75) is 31.9 Å². The van der Waals surface area contributed by atoms with Crippen LogP contribution in [0.15, 0.2) is 49.1 Å². The quantitative estimate of drug-likeness (QED) is 0.810. The van der Waals surface area contributed by atoms with Crippen LogP contribution in [0.1, 0.15) is 30.6 Å². The minimum absolute atomic E-state index is 0.349. The average molecular weight is 271 g/mol. The number of hydrogen-bond acceptors (Lipinski definition) is 4. The lowest BCUT2D eigenvalue weighted by molar-refractivity contribution is 0.169. The molecule has 0 aliphatic rings. The molecule has 0 aromatic carbocycles. The molecule has 2 aromatic rings. The van der Waals surface area contributed by atoms with E-state index in [4.69, 9.17) is 0 Å². The van der Waals surface area contributed by atoms with Gasteiger partial charge in [-0.05, 0) is 37.5 Å². The van der Waals surface area contributed by atoms with E-state index in [-0.39, 0.29) is 0 Å². The molecule has 0 amide bonds. The summed E-state index contributed by atoms with van der Waals surface area (Å²) in [5.41, 5.74) is 2.09. The molecule has 0 saturated carbocycles. The molecule has 0 radical (unpaired) electrons. The Kier molecular flexibility index (Phi) is 5.65. The number of aromatic nitrogens is 2. The van der Waals surface area contributed by atoms with Crippen molar-refractivity contribution in [3.05, 3.63) is 60.2 Å². The molecule has 0 bridgehead atoms. The smallest absolute Gasteiger partial charge is 0.0929 e. The first-order chi connectivity index (χ1) is 9.75. The fourth-order valence-corrected chi connectivity index (χ4v) is 2.03. The molecule has 2 N–H and O–H groups in total. The van der Waals surface area contributed by atoms with Gasteiger partial charge in [0.25, 0.3) is 0 Å².